The van der Waals surface area contributed by atoms with Crippen LogP contribution < -0.4 is 5.30 Å². The largest absolute Gasteiger partial charge is 0.111 e. The highest BCUT2D eigenvalue weighted by atomic mass is 35.5. The minimum absolute atomic E-state index is 0.101. The molecule has 2 rings (SSSR count). The summed E-state index contributed by atoms with van der Waals surface area (Å²) in [6.45, 7) is 36.8. The molecule has 1 atom stereocenters. The predicted molar refractivity (Wildman–Crippen MR) is 148 cm³/mol. The van der Waals surface area contributed by atoms with Crippen LogP contribution in [0.2, 0.25) is 39.3 Å². The molecular formula is C26H47ClPSi2. The second kappa shape index (κ2) is 7.44. The zero-order valence-electron chi connectivity index (χ0n) is 22.5. The zero-order valence-corrected chi connectivity index (χ0v) is 26.1. The van der Waals surface area contributed by atoms with Gasteiger partial charge in [0.1, 0.15) is 0 Å². The molecule has 4 heteroatoms. The topological polar surface area (TPSA) is 0 Å². The SMILES string of the molecule is CC(C)(C)c1cc(C(C)(C)C)c(P2[C](Cl)C2([Si](C)(C)C)[Si](C)(C)C)c(C(C)(C)C)c1. The molecule has 1 aliphatic rings. The molecule has 0 amide bonds. The van der Waals surface area contributed by atoms with Gasteiger partial charge >= 0.3 is 0 Å². The molecule has 1 aliphatic heterocycles. The molecular weight excluding hydrogens is 435 g/mol. The third-order valence-electron chi connectivity index (χ3n) is 6.77. The number of benzene rings is 1. The van der Waals surface area contributed by atoms with E-state index in [9.17, 15) is 0 Å². The molecule has 1 unspecified atom stereocenters. The number of hydrogen-bond acceptors (Lipinski definition) is 0. The maximum Gasteiger partial charge on any atom is 0.0968 e. The molecule has 30 heavy (non-hydrogen) atoms. The molecule has 0 saturated carbocycles. The summed E-state index contributed by atoms with van der Waals surface area (Å²) in [6.07, 6.45) is 0. The van der Waals surface area contributed by atoms with Crippen molar-refractivity contribution in [1.29, 1.82) is 0 Å². The molecule has 1 aromatic carbocycles. The smallest absolute Gasteiger partial charge is 0.0968 e. The highest BCUT2D eigenvalue weighted by Crippen LogP contribution is 2.87. The molecule has 1 heterocycles. The van der Waals surface area contributed by atoms with Gasteiger partial charge in [0.25, 0.3) is 0 Å². The van der Waals surface area contributed by atoms with Crippen molar-refractivity contribution in [1.82, 2.24) is 0 Å². The van der Waals surface area contributed by atoms with Crippen LogP contribution in [0.4, 0.5) is 0 Å². The van der Waals surface area contributed by atoms with Gasteiger partial charge in [-0.05, 0) is 46.2 Å². The summed E-state index contributed by atoms with van der Waals surface area (Å²) in [5.74, 6) is 0. The quantitative estimate of drug-likeness (QED) is 0.298. The average molecular weight is 482 g/mol. The zero-order chi connectivity index (χ0) is 23.9. The van der Waals surface area contributed by atoms with E-state index in [0.29, 0.717) is 4.40 Å². The van der Waals surface area contributed by atoms with Crippen molar-refractivity contribution < 1.29 is 0 Å². The van der Waals surface area contributed by atoms with E-state index in [4.69, 9.17) is 11.6 Å². The van der Waals surface area contributed by atoms with Crippen molar-refractivity contribution in [3.8, 4) is 0 Å². The van der Waals surface area contributed by atoms with Gasteiger partial charge in [-0.15, -0.1) is 11.6 Å². The molecule has 0 N–H and O–H groups in total. The van der Waals surface area contributed by atoms with Gasteiger partial charge in [0, 0.05) is 4.40 Å². The monoisotopic (exact) mass is 481 g/mol. The minimum atomic E-state index is -1.51. The van der Waals surface area contributed by atoms with Gasteiger partial charge < -0.3 is 0 Å². The van der Waals surface area contributed by atoms with Gasteiger partial charge in [0.05, 0.1) is 21.3 Å². The summed E-state index contributed by atoms with van der Waals surface area (Å²) in [5.41, 5.74) is 4.88. The van der Waals surface area contributed by atoms with Crippen LogP contribution in [0.3, 0.4) is 0 Å². The summed E-state index contributed by atoms with van der Waals surface area (Å²) < 4.78 is 0.320. The first kappa shape index (κ1) is 26.6. The van der Waals surface area contributed by atoms with E-state index in [1.54, 1.807) is 16.4 Å². The van der Waals surface area contributed by atoms with E-state index in [1.165, 1.54) is 10.7 Å². The van der Waals surface area contributed by atoms with Gasteiger partial charge in [-0.1, -0.05) is 114 Å². The Morgan fingerprint density at radius 2 is 1.00 bits per heavy atom. The van der Waals surface area contributed by atoms with Gasteiger partial charge in [-0.2, -0.15) is 0 Å². The molecule has 1 radical (unpaired) electrons. The summed E-state index contributed by atoms with van der Waals surface area (Å²) in [5, 5.41) is 2.98. The van der Waals surface area contributed by atoms with Crippen molar-refractivity contribution >= 4 is 41.0 Å². The lowest BCUT2D eigenvalue weighted by Crippen LogP contribution is -2.57. The standard InChI is InChI=1S/C26H47ClPSi2/c1-23(2,3)18-16-19(24(4,5)6)21(20(17-18)25(7,8)9)28-22(27)26(28,29(10,11)12)30(13,14)15/h16-17H,1-15H3. The highest BCUT2D eigenvalue weighted by molar-refractivity contribution is 7.88. The summed E-state index contributed by atoms with van der Waals surface area (Å²) in [6, 6.07) is 5.07. The van der Waals surface area contributed by atoms with Crippen molar-refractivity contribution in [2.75, 3.05) is 0 Å². The lowest BCUT2D eigenvalue weighted by atomic mass is 9.75. The fourth-order valence-electron chi connectivity index (χ4n) is 5.35. The molecule has 171 valence electrons. The molecule has 0 spiro atoms. The summed E-state index contributed by atoms with van der Waals surface area (Å²) in [4.78, 5) is 0. The molecule has 1 saturated heterocycles. The second-order valence-corrected chi connectivity index (χ2v) is 29.2. The number of hydrogen-bond donors (Lipinski definition) is 0. The first-order valence-electron chi connectivity index (χ1n) is 11.5. The van der Waals surface area contributed by atoms with Crippen LogP contribution in [0.5, 0.6) is 0 Å². The third-order valence-corrected chi connectivity index (χ3v) is 25.5. The van der Waals surface area contributed by atoms with E-state index in [2.05, 4.69) is 114 Å². The predicted octanol–water partition coefficient (Wildman–Crippen LogP) is 8.92. The Morgan fingerprint density at radius 1 is 0.667 bits per heavy atom. The first-order chi connectivity index (χ1) is 13.0. The van der Waals surface area contributed by atoms with E-state index < -0.39 is 24.1 Å². The lowest BCUT2D eigenvalue weighted by molar-refractivity contribution is 0.553. The average Bonchev–Trinajstić information content (AvgIpc) is 3.09. The summed E-state index contributed by atoms with van der Waals surface area (Å²) in [7, 11) is -3.47. The lowest BCUT2D eigenvalue weighted by Gasteiger charge is -2.41. The van der Waals surface area contributed by atoms with Crippen molar-refractivity contribution in [2.24, 2.45) is 0 Å². The van der Waals surface area contributed by atoms with E-state index >= 15 is 0 Å². The molecule has 1 aromatic rings. The van der Waals surface area contributed by atoms with Crippen LogP contribution in [0.25, 0.3) is 0 Å². The van der Waals surface area contributed by atoms with Crippen molar-refractivity contribution in [3.63, 3.8) is 0 Å². The van der Waals surface area contributed by atoms with Crippen LogP contribution >= 0.6 is 19.5 Å². The van der Waals surface area contributed by atoms with Crippen LogP contribution in [0.15, 0.2) is 12.1 Å². The van der Waals surface area contributed by atoms with Crippen LogP contribution in [0, 0.1) is 5.12 Å². The number of rotatable bonds is 3. The van der Waals surface area contributed by atoms with Gasteiger partial charge in [-0.25, -0.2) is 0 Å². The third kappa shape index (κ3) is 4.29. The Hall–Kier alpha value is 0.374. The Labute approximate surface area is 196 Å². The van der Waals surface area contributed by atoms with Crippen LogP contribution in [-0.4, -0.2) is 20.6 Å². The van der Waals surface area contributed by atoms with Gasteiger partial charge in [-0.3, -0.25) is 0 Å². The normalized spacial score (nSPS) is 21.1. The van der Waals surface area contributed by atoms with Gasteiger partial charge in [0.15, 0.2) is 0 Å². The van der Waals surface area contributed by atoms with Crippen molar-refractivity contribution in [2.45, 2.75) is 122 Å². The molecule has 0 bridgehead atoms. The molecule has 0 nitrogen and oxygen atoms in total. The van der Waals surface area contributed by atoms with E-state index in [-0.39, 0.29) is 16.2 Å². The first-order valence-corrected chi connectivity index (χ1v) is 20.2. The Bertz CT molecular complexity index is 759. The Balaban J connectivity index is 2.99. The Kier molecular flexibility index (Phi) is 6.60. The fourth-order valence-corrected chi connectivity index (χ4v) is 29.9. The van der Waals surface area contributed by atoms with E-state index in [1.807, 2.05) is 0 Å². The van der Waals surface area contributed by atoms with E-state index in [0.717, 1.165) is 0 Å². The number of halogens is 1. The van der Waals surface area contributed by atoms with Crippen LogP contribution in [-0.2, 0) is 16.2 Å². The minimum Gasteiger partial charge on any atom is -0.111 e. The molecule has 1 fully saturated rings. The molecule has 0 aliphatic carbocycles. The van der Waals surface area contributed by atoms with Crippen LogP contribution in [0.1, 0.15) is 79.0 Å². The maximum absolute atomic E-state index is 7.37. The Morgan fingerprint density at radius 3 is 1.20 bits per heavy atom. The van der Waals surface area contributed by atoms with Crippen molar-refractivity contribution in [3.05, 3.63) is 33.9 Å². The molecule has 0 aromatic heterocycles. The maximum atomic E-state index is 7.37. The fraction of sp³-hybridized carbons (Fsp3) is 0.731. The second-order valence-electron chi connectivity index (χ2n) is 14.5. The van der Waals surface area contributed by atoms with Gasteiger partial charge in [0.2, 0.25) is 0 Å². The summed E-state index contributed by atoms with van der Waals surface area (Å²) >= 11 is 7.37. The highest BCUT2D eigenvalue weighted by Gasteiger charge is 2.76.